The summed E-state index contributed by atoms with van der Waals surface area (Å²) in [7, 11) is 0. The van der Waals surface area contributed by atoms with Crippen LogP contribution < -0.4 is 9.47 Å². The normalized spacial score (nSPS) is 15.8. The highest BCUT2D eigenvalue weighted by Gasteiger charge is 2.35. The SMILES string of the molecule is O=C(c1cccc(C(F)(F)F)c1)N(Cc1ccc2c(c1)OCO2)C1CC1. The number of nitrogens with zero attached hydrogens (tertiary/aromatic N) is 1. The average Bonchev–Trinajstić information content (AvgIpc) is 3.35. The summed E-state index contributed by atoms with van der Waals surface area (Å²) in [5.41, 5.74) is 0.0797. The van der Waals surface area contributed by atoms with Crippen molar-refractivity contribution < 1.29 is 27.4 Å². The minimum Gasteiger partial charge on any atom is -0.454 e. The van der Waals surface area contributed by atoms with Gasteiger partial charge in [0.1, 0.15) is 0 Å². The minimum atomic E-state index is -4.47. The largest absolute Gasteiger partial charge is 0.454 e. The number of ether oxygens (including phenoxy) is 2. The lowest BCUT2D eigenvalue weighted by Gasteiger charge is -2.23. The van der Waals surface area contributed by atoms with Crippen molar-refractivity contribution in [2.75, 3.05) is 6.79 Å². The molecule has 0 saturated heterocycles. The summed E-state index contributed by atoms with van der Waals surface area (Å²) in [6, 6.07) is 10.0. The molecule has 0 bridgehead atoms. The molecule has 1 aliphatic carbocycles. The number of benzene rings is 2. The molecule has 4 nitrogen and oxygen atoms in total. The molecule has 0 spiro atoms. The summed E-state index contributed by atoms with van der Waals surface area (Å²) in [4.78, 5) is 14.5. The maximum Gasteiger partial charge on any atom is 0.416 e. The van der Waals surface area contributed by atoms with Crippen molar-refractivity contribution in [2.24, 2.45) is 0 Å². The molecule has 1 saturated carbocycles. The van der Waals surface area contributed by atoms with Crippen LogP contribution in [0.15, 0.2) is 42.5 Å². The fourth-order valence-electron chi connectivity index (χ4n) is 2.98. The predicted molar refractivity (Wildman–Crippen MR) is 86.9 cm³/mol. The van der Waals surface area contributed by atoms with Crippen molar-refractivity contribution in [3.05, 3.63) is 59.2 Å². The zero-order valence-corrected chi connectivity index (χ0v) is 13.8. The lowest BCUT2D eigenvalue weighted by molar-refractivity contribution is -0.137. The molecule has 7 heteroatoms. The second kappa shape index (κ2) is 6.23. The molecule has 1 amide bonds. The molecule has 0 atom stereocenters. The molecular weight excluding hydrogens is 347 g/mol. The number of halogens is 3. The Morgan fingerprint density at radius 2 is 1.85 bits per heavy atom. The quantitative estimate of drug-likeness (QED) is 0.816. The summed E-state index contributed by atoms with van der Waals surface area (Å²) in [5, 5.41) is 0. The van der Waals surface area contributed by atoms with Crippen molar-refractivity contribution in [1.29, 1.82) is 0 Å². The molecule has 136 valence electrons. The highest BCUT2D eigenvalue weighted by Crippen LogP contribution is 2.35. The Morgan fingerprint density at radius 3 is 2.58 bits per heavy atom. The first-order valence-electron chi connectivity index (χ1n) is 8.28. The molecule has 4 rings (SSSR count). The van der Waals surface area contributed by atoms with E-state index in [9.17, 15) is 18.0 Å². The highest BCUT2D eigenvalue weighted by molar-refractivity contribution is 5.94. The lowest BCUT2D eigenvalue weighted by Crippen LogP contribution is -2.32. The van der Waals surface area contributed by atoms with Gasteiger partial charge in [0.15, 0.2) is 11.5 Å². The van der Waals surface area contributed by atoms with E-state index in [-0.39, 0.29) is 18.4 Å². The van der Waals surface area contributed by atoms with Crippen LogP contribution in [0.5, 0.6) is 11.5 Å². The molecule has 2 aromatic rings. The van der Waals surface area contributed by atoms with Crippen LogP contribution in [0.4, 0.5) is 13.2 Å². The van der Waals surface area contributed by atoms with Gasteiger partial charge in [-0.2, -0.15) is 13.2 Å². The average molecular weight is 363 g/mol. The van der Waals surface area contributed by atoms with Gasteiger partial charge in [0.2, 0.25) is 6.79 Å². The molecule has 26 heavy (non-hydrogen) atoms. The smallest absolute Gasteiger partial charge is 0.416 e. The number of rotatable bonds is 4. The molecule has 1 aliphatic heterocycles. The van der Waals surface area contributed by atoms with E-state index in [2.05, 4.69) is 0 Å². The summed E-state index contributed by atoms with van der Waals surface area (Å²) < 4.78 is 49.4. The van der Waals surface area contributed by atoms with Gasteiger partial charge in [-0.1, -0.05) is 12.1 Å². The van der Waals surface area contributed by atoms with Crippen LogP contribution >= 0.6 is 0 Å². The van der Waals surface area contributed by atoms with Crippen LogP contribution in [-0.4, -0.2) is 23.6 Å². The molecule has 2 aliphatic rings. The van der Waals surface area contributed by atoms with E-state index in [1.807, 2.05) is 6.07 Å². The van der Waals surface area contributed by atoms with Gasteiger partial charge in [-0.15, -0.1) is 0 Å². The number of carbonyl (C=O) groups excluding carboxylic acids is 1. The Morgan fingerprint density at radius 1 is 1.08 bits per heavy atom. The summed E-state index contributed by atoms with van der Waals surface area (Å²) >= 11 is 0. The summed E-state index contributed by atoms with van der Waals surface area (Å²) in [5.74, 6) is 0.872. The fourth-order valence-corrected chi connectivity index (χ4v) is 2.98. The van der Waals surface area contributed by atoms with E-state index in [1.54, 1.807) is 17.0 Å². The van der Waals surface area contributed by atoms with Gasteiger partial charge in [-0.05, 0) is 48.7 Å². The summed E-state index contributed by atoms with van der Waals surface area (Å²) in [6.45, 7) is 0.477. The Kier molecular flexibility index (Phi) is 4.01. The third-order valence-electron chi connectivity index (χ3n) is 4.48. The van der Waals surface area contributed by atoms with Gasteiger partial charge in [0.05, 0.1) is 5.56 Å². The number of fused-ring (bicyclic) bond motifs is 1. The molecule has 0 radical (unpaired) electrons. The van der Waals surface area contributed by atoms with Gasteiger partial charge in [0, 0.05) is 18.2 Å². The van der Waals surface area contributed by atoms with Crippen LogP contribution in [0.3, 0.4) is 0 Å². The van der Waals surface area contributed by atoms with Gasteiger partial charge < -0.3 is 14.4 Å². The Balaban J connectivity index is 1.58. The number of carbonyl (C=O) groups is 1. The molecule has 1 heterocycles. The molecule has 1 fully saturated rings. The highest BCUT2D eigenvalue weighted by atomic mass is 19.4. The second-order valence-electron chi connectivity index (χ2n) is 6.43. The van der Waals surface area contributed by atoms with Crippen molar-refractivity contribution >= 4 is 5.91 Å². The Bertz CT molecular complexity index is 846. The third-order valence-corrected chi connectivity index (χ3v) is 4.48. The van der Waals surface area contributed by atoms with Crippen molar-refractivity contribution in [3.63, 3.8) is 0 Å². The van der Waals surface area contributed by atoms with Gasteiger partial charge in [-0.25, -0.2) is 0 Å². The maximum absolute atomic E-state index is 12.9. The topological polar surface area (TPSA) is 38.8 Å². The Labute approximate surface area is 148 Å². The van der Waals surface area contributed by atoms with Crippen LogP contribution in [0, 0.1) is 0 Å². The van der Waals surface area contributed by atoms with Crippen LogP contribution in [-0.2, 0) is 12.7 Å². The second-order valence-corrected chi connectivity index (χ2v) is 6.43. The van der Waals surface area contributed by atoms with Crippen molar-refractivity contribution in [1.82, 2.24) is 4.90 Å². The number of hydrogen-bond donors (Lipinski definition) is 0. The van der Waals surface area contributed by atoms with Crippen LogP contribution in [0.1, 0.15) is 34.3 Å². The van der Waals surface area contributed by atoms with E-state index < -0.39 is 17.6 Å². The maximum atomic E-state index is 12.9. The van der Waals surface area contributed by atoms with E-state index in [4.69, 9.17) is 9.47 Å². The molecule has 0 unspecified atom stereocenters. The Hall–Kier alpha value is -2.70. The van der Waals surface area contributed by atoms with Crippen molar-refractivity contribution in [3.8, 4) is 11.5 Å². The monoisotopic (exact) mass is 363 g/mol. The van der Waals surface area contributed by atoms with Gasteiger partial charge in [-0.3, -0.25) is 4.79 Å². The molecule has 2 aromatic carbocycles. The first kappa shape index (κ1) is 16.8. The predicted octanol–water partition coefficient (Wildman–Crippen LogP) is 4.24. The number of alkyl halides is 3. The molecular formula is C19H16F3NO3. The first-order valence-corrected chi connectivity index (χ1v) is 8.28. The fraction of sp³-hybridized carbons (Fsp3) is 0.316. The zero-order valence-electron chi connectivity index (χ0n) is 13.8. The van der Waals surface area contributed by atoms with Crippen molar-refractivity contribution in [2.45, 2.75) is 31.6 Å². The number of hydrogen-bond acceptors (Lipinski definition) is 3. The van der Waals surface area contributed by atoms with E-state index >= 15 is 0 Å². The minimum absolute atomic E-state index is 0.0486. The molecule has 0 aromatic heterocycles. The first-order chi connectivity index (χ1) is 12.4. The van der Waals surface area contributed by atoms with E-state index in [0.717, 1.165) is 30.5 Å². The van der Waals surface area contributed by atoms with Gasteiger partial charge in [0.25, 0.3) is 5.91 Å². The van der Waals surface area contributed by atoms with E-state index in [1.165, 1.54) is 12.1 Å². The zero-order chi connectivity index (χ0) is 18.3. The third kappa shape index (κ3) is 3.34. The van der Waals surface area contributed by atoms with Gasteiger partial charge >= 0.3 is 6.18 Å². The van der Waals surface area contributed by atoms with E-state index in [0.29, 0.717) is 18.0 Å². The van der Waals surface area contributed by atoms with Crippen LogP contribution in [0.25, 0.3) is 0 Å². The molecule has 0 N–H and O–H groups in total. The number of amides is 1. The lowest BCUT2D eigenvalue weighted by atomic mass is 10.1. The summed E-state index contributed by atoms with van der Waals surface area (Å²) in [6.07, 6.45) is -2.76. The standard InChI is InChI=1S/C19H16F3NO3/c20-19(21,22)14-3-1-2-13(9-14)18(24)23(15-5-6-15)10-12-4-7-16-17(8-12)26-11-25-16/h1-4,7-9,15H,5-6,10-11H2. The van der Waals surface area contributed by atoms with Crippen LogP contribution in [0.2, 0.25) is 0 Å².